The number of hydrogen-bond donors (Lipinski definition) is 2. The van der Waals surface area contributed by atoms with Gasteiger partial charge in [0.2, 0.25) is 11.8 Å². The number of para-hydroxylation sites is 1. The van der Waals surface area contributed by atoms with E-state index in [1.54, 1.807) is 29.6 Å². The molecule has 2 heterocycles. The zero-order chi connectivity index (χ0) is 19.0. The molecular weight excluding hydrogens is 372 g/mol. The zero-order valence-electron chi connectivity index (χ0n) is 13.8. The van der Waals surface area contributed by atoms with E-state index in [-0.39, 0.29) is 18.2 Å². The van der Waals surface area contributed by atoms with Gasteiger partial charge in [-0.3, -0.25) is 9.59 Å². The molecule has 0 radical (unpaired) electrons. The van der Waals surface area contributed by atoms with Gasteiger partial charge in [-0.05, 0) is 29.8 Å². The summed E-state index contributed by atoms with van der Waals surface area (Å²) in [6.45, 7) is 0. The molecule has 8 heteroatoms. The molecule has 0 saturated carbocycles. The summed E-state index contributed by atoms with van der Waals surface area (Å²) in [4.78, 5) is 28.8. The Morgan fingerprint density at radius 1 is 1.19 bits per heavy atom. The zero-order valence-corrected chi connectivity index (χ0v) is 14.6. The lowest BCUT2D eigenvalue weighted by molar-refractivity contribution is -0.123. The molecule has 136 valence electrons. The fourth-order valence-electron chi connectivity index (χ4n) is 2.96. The highest BCUT2D eigenvalue weighted by Crippen LogP contribution is 2.33. The summed E-state index contributed by atoms with van der Waals surface area (Å²) >= 11 is 1.17. The Morgan fingerprint density at radius 3 is 2.81 bits per heavy atom. The van der Waals surface area contributed by atoms with Crippen LogP contribution in [0.1, 0.15) is 17.9 Å². The molecule has 5 nitrogen and oxygen atoms in total. The van der Waals surface area contributed by atoms with Crippen LogP contribution in [-0.2, 0) is 9.59 Å². The summed E-state index contributed by atoms with van der Waals surface area (Å²) < 4.78 is 26.5. The van der Waals surface area contributed by atoms with Crippen molar-refractivity contribution in [1.82, 2.24) is 4.98 Å². The summed E-state index contributed by atoms with van der Waals surface area (Å²) in [5, 5.41) is 7.42. The Bertz CT molecular complexity index is 1050. The van der Waals surface area contributed by atoms with Crippen LogP contribution in [-0.4, -0.2) is 16.8 Å². The van der Waals surface area contributed by atoms with Crippen LogP contribution in [0.2, 0.25) is 0 Å². The Labute approximate surface area is 157 Å². The number of benzene rings is 2. The molecule has 3 aromatic rings. The molecule has 0 aliphatic carbocycles. The van der Waals surface area contributed by atoms with Gasteiger partial charge in [-0.15, -0.1) is 11.3 Å². The van der Waals surface area contributed by atoms with E-state index in [1.807, 2.05) is 0 Å². The van der Waals surface area contributed by atoms with Crippen LogP contribution in [0.3, 0.4) is 0 Å². The molecule has 0 unspecified atom stereocenters. The number of fused-ring (bicyclic) bond motifs is 1. The van der Waals surface area contributed by atoms with Crippen LogP contribution in [0.25, 0.3) is 11.3 Å². The van der Waals surface area contributed by atoms with Crippen molar-refractivity contribution in [3.8, 4) is 11.3 Å². The fourth-order valence-corrected chi connectivity index (χ4v) is 3.68. The summed E-state index contributed by atoms with van der Waals surface area (Å²) in [6, 6.07) is 10.6. The van der Waals surface area contributed by atoms with Crippen molar-refractivity contribution in [2.45, 2.75) is 12.3 Å². The Kier molecular flexibility index (Phi) is 4.41. The molecular formula is C19H13F2N3O2S. The van der Waals surface area contributed by atoms with Gasteiger partial charge in [0.1, 0.15) is 0 Å². The van der Waals surface area contributed by atoms with Gasteiger partial charge in [0.15, 0.2) is 16.8 Å². The standard InChI is InChI=1S/C19H13F2N3O2S/c20-13-6-5-10(7-14(13)21)16-9-27-19(23-16)24-18(26)12-8-17(25)22-15-4-2-1-3-11(12)15/h1-7,9,12H,8H2,(H,22,25)(H,23,24,26)/t12-/m0/s1. The second-order valence-corrected chi connectivity index (χ2v) is 6.91. The van der Waals surface area contributed by atoms with Crippen molar-refractivity contribution in [3.63, 3.8) is 0 Å². The van der Waals surface area contributed by atoms with Gasteiger partial charge in [-0.1, -0.05) is 18.2 Å². The maximum atomic E-state index is 13.4. The molecule has 1 aliphatic heterocycles. The molecule has 2 aromatic carbocycles. The third-order valence-electron chi connectivity index (χ3n) is 4.27. The van der Waals surface area contributed by atoms with Gasteiger partial charge >= 0.3 is 0 Å². The predicted molar refractivity (Wildman–Crippen MR) is 98.5 cm³/mol. The number of halogens is 2. The maximum Gasteiger partial charge on any atom is 0.234 e. The lowest BCUT2D eigenvalue weighted by Gasteiger charge is -2.24. The van der Waals surface area contributed by atoms with Gasteiger partial charge in [-0.25, -0.2) is 13.8 Å². The first-order valence-corrected chi connectivity index (χ1v) is 9.00. The van der Waals surface area contributed by atoms with Crippen molar-refractivity contribution in [1.29, 1.82) is 0 Å². The fraction of sp³-hybridized carbons (Fsp3) is 0.105. The lowest BCUT2D eigenvalue weighted by Crippen LogP contribution is -2.30. The first-order valence-electron chi connectivity index (χ1n) is 8.12. The number of nitrogens with zero attached hydrogens (tertiary/aromatic N) is 1. The van der Waals surface area contributed by atoms with E-state index in [0.29, 0.717) is 22.1 Å². The summed E-state index contributed by atoms with van der Waals surface area (Å²) in [5.41, 5.74) is 2.20. The first-order chi connectivity index (χ1) is 13.0. The molecule has 0 fully saturated rings. The number of hydrogen-bond acceptors (Lipinski definition) is 4. The van der Waals surface area contributed by atoms with Crippen LogP contribution in [0.5, 0.6) is 0 Å². The summed E-state index contributed by atoms with van der Waals surface area (Å²) in [5.74, 6) is -3.09. The second kappa shape index (κ2) is 6.88. The van der Waals surface area contributed by atoms with Crippen LogP contribution in [0, 0.1) is 11.6 Å². The number of nitrogens with one attached hydrogen (secondary N) is 2. The Balaban J connectivity index is 1.55. The molecule has 0 bridgehead atoms. The highest BCUT2D eigenvalue weighted by atomic mass is 32.1. The van der Waals surface area contributed by atoms with Gasteiger partial charge in [0.25, 0.3) is 0 Å². The predicted octanol–water partition coefficient (Wildman–Crippen LogP) is 4.15. The number of amides is 2. The SMILES string of the molecule is O=C1C[C@H](C(=O)Nc2nc(-c3ccc(F)c(F)c3)cs2)c2ccccc2N1. The summed E-state index contributed by atoms with van der Waals surface area (Å²) in [6.07, 6.45) is 0.0459. The molecule has 1 aliphatic rings. The minimum atomic E-state index is -0.962. The van der Waals surface area contributed by atoms with E-state index in [1.165, 1.54) is 17.4 Å². The van der Waals surface area contributed by atoms with Gasteiger partial charge in [0, 0.05) is 23.1 Å². The minimum Gasteiger partial charge on any atom is -0.326 e. The number of carbonyl (C=O) groups is 2. The minimum absolute atomic E-state index is 0.0459. The molecule has 4 rings (SSSR count). The van der Waals surface area contributed by atoms with Gasteiger partial charge < -0.3 is 10.6 Å². The van der Waals surface area contributed by atoms with Crippen molar-refractivity contribution < 1.29 is 18.4 Å². The van der Waals surface area contributed by atoms with Crippen LogP contribution in [0.15, 0.2) is 47.8 Å². The largest absolute Gasteiger partial charge is 0.326 e. The van der Waals surface area contributed by atoms with Crippen molar-refractivity contribution in [3.05, 3.63) is 65.0 Å². The molecule has 1 atom stereocenters. The monoisotopic (exact) mass is 385 g/mol. The van der Waals surface area contributed by atoms with Crippen molar-refractivity contribution in [2.75, 3.05) is 10.6 Å². The molecule has 0 spiro atoms. The molecule has 2 N–H and O–H groups in total. The first kappa shape index (κ1) is 17.3. The maximum absolute atomic E-state index is 13.4. The number of aromatic nitrogens is 1. The molecule has 27 heavy (non-hydrogen) atoms. The van der Waals surface area contributed by atoms with Crippen molar-refractivity contribution >= 4 is 34.0 Å². The number of carbonyl (C=O) groups excluding carboxylic acids is 2. The van der Waals surface area contributed by atoms with Gasteiger partial charge in [0.05, 0.1) is 11.6 Å². The van der Waals surface area contributed by atoms with E-state index in [4.69, 9.17) is 0 Å². The number of thiazole rings is 1. The van der Waals surface area contributed by atoms with Gasteiger partial charge in [-0.2, -0.15) is 0 Å². The highest BCUT2D eigenvalue weighted by Gasteiger charge is 2.30. The molecule has 1 aromatic heterocycles. The average Bonchev–Trinajstić information content (AvgIpc) is 3.11. The molecule has 2 amide bonds. The average molecular weight is 385 g/mol. The van der Waals surface area contributed by atoms with E-state index in [0.717, 1.165) is 17.7 Å². The quantitative estimate of drug-likeness (QED) is 0.711. The van der Waals surface area contributed by atoms with E-state index in [2.05, 4.69) is 15.6 Å². The van der Waals surface area contributed by atoms with E-state index in [9.17, 15) is 18.4 Å². The Morgan fingerprint density at radius 2 is 2.00 bits per heavy atom. The lowest BCUT2D eigenvalue weighted by atomic mass is 9.90. The second-order valence-electron chi connectivity index (χ2n) is 6.05. The third kappa shape index (κ3) is 3.43. The third-order valence-corrected chi connectivity index (χ3v) is 5.02. The molecule has 0 saturated heterocycles. The van der Waals surface area contributed by atoms with Crippen LogP contribution >= 0.6 is 11.3 Å². The highest BCUT2D eigenvalue weighted by molar-refractivity contribution is 7.14. The van der Waals surface area contributed by atoms with Crippen LogP contribution < -0.4 is 10.6 Å². The van der Waals surface area contributed by atoms with Crippen molar-refractivity contribution in [2.24, 2.45) is 0 Å². The van der Waals surface area contributed by atoms with E-state index < -0.39 is 17.6 Å². The topological polar surface area (TPSA) is 71.1 Å². The summed E-state index contributed by atoms with van der Waals surface area (Å²) in [7, 11) is 0. The Hall–Kier alpha value is -3.13. The van der Waals surface area contributed by atoms with E-state index >= 15 is 0 Å². The smallest absolute Gasteiger partial charge is 0.234 e. The van der Waals surface area contributed by atoms with Crippen LogP contribution in [0.4, 0.5) is 19.6 Å². The number of rotatable bonds is 3. The number of anilines is 2. The normalized spacial score (nSPS) is 15.8.